The van der Waals surface area contributed by atoms with Crippen LogP contribution >= 0.6 is 15.9 Å². The summed E-state index contributed by atoms with van der Waals surface area (Å²) in [4.78, 5) is 0. The van der Waals surface area contributed by atoms with E-state index in [0.29, 0.717) is 22.6 Å². The van der Waals surface area contributed by atoms with E-state index in [2.05, 4.69) is 22.0 Å². The van der Waals surface area contributed by atoms with Gasteiger partial charge in [0.2, 0.25) is 0 Å². The molecule has 0 aliphatic heterocycles. The molecule has 102 valence electrons. The van der Waals surface area contributed by atoms with Gasteiger partial charge in [0, 0.05) is 10.0 Å². The van der Waals surface area contributed by atoms with Crippen molar-refractivity contribution >= 4 is 15.9 Å². The molecule has 0 aliphatic carbocycles. The Morgan fingerprint density at radius 1 is 1.20 bits per heavy atom. The fourth-order valence-corrected chi connectivity index (χ4v) is 2.36. The lowest BCUT2D eigenvalue weighted by molar-refractivity contribution is 0.195. The molecule has 0 saturated carbocycles. The number of hydrogen-bond acceptors (Lipinski definition) is 3. The number of aryl methyl sites for hydroxylation is 1. The number of hydrogen-bond donors (Lipinski definition) is 1. The fourth-order valence-electron chi connectivity index (χ4n) is 1.88. The van der Waals surface area contributed by atoms with Gasteiger partial charge in [0.05, 0.1) is 17.7 Å². The predicted octanol–water partition coefficient (Wildman–Crippen LogP) is 4.47. The van der Waals surface area contributed by atoms with Gasteiger partial charge in [-0.25, -0.2) is 0 Å². The molecular formula is C16H14BrNO2. The Balaban J connectivity index is 2.43. The van der Waals surface area contributed by atoms with Crippen LogP contribution in [0.15, 0.2) is 40.9 Å². The SMILES string of the molecule is Cc1cc(Br)ccc1Oc1cc(C#N)ccc1[C@@H](C)O. The number of halogens is 1. The molecule has 2 aromatic rings. The highest BCUT2D eigenvalue weighted by atomic mass is 79.9. The Morgan fingerprint density at radius 3 is 2.55 bits per heavy atom. The van der Waals surface area contributed by atoms with Gasteiger partial charge >= 0.3 is 0 Å². The van der Waals surface area contributed by atoms with Crippen LogP contribution in [0.1, 0.15) is 29.7 Å². The summed E-state index contributed by atoms with van der Waals surface area (Å²) < 4.78 is 6.84. The maximum atomic E-state index is 9.79. The fraction of sp³-hybridized carbons (Fsp3) is 0.188. The van der Waals surface area contributed by atoms with Crippen molar-refractivity contribution in [3.63, 3.8) is 0 Å². The van der Waals surface area contributed by atoms with E-state index in [9.17, 15) is 5.11 Å². The van der Waals surface area contributed by atoms with Gasteiger partial charge in [-0.15, -0.1) is 0 Å². The Kier molecular flexibility index (Phi) is 4.43. The van der Waals surface area contributed by atoms with Crippen LogP contribution in [0.5, 0.6) is 11.5 Å². The third kappa shape index (κ3) is 3.19. The van der Waals surface area contributed by atoms with Gasteiger partial charge in [0.25, 0.3) is 0 Å². The number of nitrogens with zero attached hydrogens (tertiary/aromatic N) is 1. The average Bonchev–Trinajstić information content (AvgIpc) is 2.41. The van der Waals surface area contributed by atoms with E-state index in [0.717, 1.165) is 10.0 Å². The van der Waals surface area contributed by atoms with E-state index in [1.807, 2.05) is 25.1 Å². The van der Waals surface area contributed by atoms with Crippen LogP contribution < -0.4 is 4.74 Å². The first kappa shape index (κ1) is 14.6. The summed E-state index contributed by atoms with van der Waals surface area (Å²) in [7, 11) is 0. The van der Waals surface area contributed by atoms with Gasteiger partial charge in [-0.05, 0) is 49.7 Å². The third-order valence-electron chi connectivity index (χ3n) is 2.95. The number of rotatable bonds is 3. The van der Waals surface area contributed by atoms with Crippen LogP contribution in [0.25, 0.3) is 0 Å². The molecule has 0 saturated heterocycles. The second-order valence-corrected chi connectivity index (χ2v) is 5.47. The first-order chi connectivity index (χ1) is 9.51. The van der Waals surface area contributed by atoms with E-state index in [1.54, 1.807) is 25.1 Å². The molecule has 4 heteroatoms. The molecule has 1 N–H and O–H groups in total. The number of nitriles is 1. The smallest absolute Gasteiger partial charge is 0.134 e. The maximum Gasteiger partial charge on any atom is 0.134 e. The molecule has 0 unspecified atom stereocenters. The lowest BCUT2D eigenvalue weighted by Gasteiger charge is -2.15. The van der Waals surface area contributed by atoms with Gasteiger partial charge in [0.1, 0.15) is 11.5 Å². The summed E-state index contributed by atoms with van der Waals surface area (Å²) in [5, 5.41) is 18.8. The Morgan fingerprint density at radius 2 is 1.95 bits per heavy atom. The van der Waals surface area contributed by atoms with Crippen molar-refractivity contribution in [2.24, 2.45) is 0 Å². The van der Waals surface area contributed by atoms with Crippen LogP contribution in [-0.2, 0) is 0 Å². The van der Waals surface area contributed by atoms with Gasteiger partial charge in [-0.2, -0.15) is 5.26 Å². The lowest BCUT2D eigenvalue weighted by atomic mass is 10.1. The van der Waals surface area contributed by atoms with E-state index in [1.165, 1.54) is 0 Å². The number of aliphatic hydroxyl groups is 1. The first-order valence-electron chi connectivity index (χ1n) is 6.17. The standard InChI is InChI=1S/C16H14BrNO2/c1-10-7-13(17)4-6-15(10)20-16-8-12(9-18)3-5-14(16)11(2)19/h3-8,11,19H,1-2H3/t11-/m1/s1. The molecule has 0 aromatic heterocycles. The molecule has 2 rings (SSSR count). The monoisotopic (exact) mass is 331 g/mol. The van der Waals surface area contributed by atoms with Crippen molar-refractivity contribution in [1.29, 1.82) is 5.26 Å². The number of ether oxygens (including phenoxy) is 1. The van der Waals surface area contributed by atoms with E-state index in [4.69, 9.17) is 10.00 Å². The zero-order valence-corrected chi connectivity index (χ0v) is 12.8. The molecule has 0 bridgehead atoms. The number of aliphatic hydroxyl groups excluding tert-OH is 1. The lowest BCUT2D eigenvalue weighted by Crippen LogP contribution is -1.97. The second kappa shape index (κ2) is 6.08. The molecule has 2 aromatic carbocycles. The van der Waals surface area contributed by atoms with Gasteiger partial charge in [-0.3, -0.25) is 0 Å². The van der Waals surface area contributed by atoms with Gasteiger partial charge < -0.3 is 9.84 Å². The molecule has 0 radical (unpaired) electrons. The van der Waals surface area contributed by atoms with Crippen LogP contribution in [0.2, 0.25) is 0 Å². The highest BCUT2D eigenvalue weighted by molar-refractivity contribution is 9.10. The molecule has 1 atom stereocenters. The molecule has 20 heavy (non-hydrogen) atoms. The molecular weight excluding hydrogens is 318 g/mol. The Labute approximate surface area is 126 Å². The molecule has 0 fully saturated rings. The maximum absolute atomic E-state index is 9.79. The summed E-state index contributed by atoms with van der Waals surface area (Å²) in [5.74, 6) is 1.20. The topological polar surface area (TPSA) is 53.2 Å². The van der Waals surface area contributed by atoms with Crippen molar-refractivity contribution in [3.8, 4) is 17.6 Å². The quantitative estimate of drug-likeness (QED) is 0.902. The summed E-state index contributed by atoms with van der Waals surface area (Å²) in [6.45, 7) is 3.61. The Bertz CT molecular complexity index is 675. The summed E-state index contributed by atoms with van der Waals surface area (Å²) in [5.41, 5.74) is 2.13. The summed E-state index contributed by atoms with van der Waals surface area (Å²) in [6, 6.07) is 12.8. The summed E-state index contributed by atoms with van der Waals surface area (Å²) in [6.07, 6.45) is -0.659. The largest absolute Gasteiger partial charge is 0.457 e. The minimum Gasteiger partial charge on any atom is -0.457 e. The first-order valence-corrected chi connectivity index (χ1v) is 6.96. The van der Waals surface area contributed by atoms with Gasteiger partial charge in [0.15, 0.2) is 0 Å². The van der Waals surface area contributed by atoms with Crippen molar-refractivity contribution in [1.82, 2.24) is 0 Å². The average molecular weight is 332 g/mol. The van der Waals surface area contributed by atoms with Crippen LogP contribution in [0.4, 0.5) is 0 Å². The van der Waals surface area contributed by atoms with E-state index in [-0.39, 0.29) is 0 Å². The normalized spacial score (nSPS) is 11.8. The minimum atomic E-state index is -0.659. The zero-order chi connectivity index (χ0) is 14.7. The Hall–Kier alpha value is -1.83. The van der Waals surface area contributed by atoms with Crippen molar-refractivity contribution in [2.45, 2.75) is 20.0 Å². The molecule has 0 amide bonds. The van der Waals surface area contributed by atoms with Crippen molar-refractivity contribution in [3.05, 3.63) is 57.6 Å². The zero-order valence-electron chi connectivity index (χ0n) is 11.2. The van der Waals surface area contributed by atoms with Crippen LogP contribution in [0, 0.1) is 18.3 Å². The van der Waals surface area contributed by atoms with E-state index < -0.39 is 6.10 Å². The van der Waals surface area contributed by atoms with Crippen LogP contribution in [-0.4, -0.2) is 5.11 Å². The van der Waals surface area contributed by atoms with Crippen molar-refractivity contribution < 1.29 is 9.84 Å². The molecule has 0 aliphatic rings. The third-order valence-corrected chi connectivity index (χ3v) is 3.44. The summed E-state index contributed by atoms with van der Waals surface area (Å²) >= 11 is 3.40. The molecule has 0 spiro atoms. The van der Waals surface area contributed by atoms with E-state index >= 15 is 0 Å². The van der Waals surface area contributed by atoms with Crippen molar-refractivity contribution in [2.75, 3.05) is 0 Å². The van der Waals surface area contributed by atoms with Crippen LogP contribution in [0.3, 0.4) is 0 Å². The highest BCUT2D eigenvalue weighted by Crippen LogP contribution is 2.33. The van der Waals surface area contributed by atoms with Gasteiger partial charge in [-0.1, -0.05) is 22.0 Å². The predicted molar refractivity (Wildman–Crippen MR) is 80.7 cm³/mol. The number of benzene rings is 2. The molecule has 3 nitrogen and oxygen atoms in total. The second-order valence-electron chi connectivity index (χ2n) is 4.55. The molecule has 0 heterocycles. The highest BCUT2D eigenvalue weighted by Gasteiger charge is 2.12. The minimum absolute atomic E-state index is 0.499.